The van der Waals surface area contributed by atoms with E-state index in [0.717, 1.165) is 32.7 Å². The van der Waals surface area contributed by atoms with E-state index in [1.807, 2.05) is 0 Å². The van der Waals surface area contributed by atoms with Crippen LogP contribution in [0, 0.1) is 0 Å². The third-order valence-electron chi connectivity index (χ3n) is 5.32. The minimum atomic E-state index is -1.59. The van der Waals surface area contributed by atoms with Crippen molar-refractivity contribution in [3.8, 4) is 0 Å². The van der Waals surface area contributed by atoms with E-state index in [4.69, 9.17) is 9.16 Å². The van der Waals surface area contributed by atoms with Crippen LogP contribution in [0.4, 0.5) is 0 Å². The van der Waals surface area contributed by atoms with Crippen LogP contribution < -0.4 is 0 Å². The predicted octanol–water partition coefficient (Wildman–Crippen LogP) is 3.43. The van der Waals surface area contributed by atoms with Gasteiger partial charge in [-0.05, 0) is 38.0 Å². The molecule has 4 heteroatoms. The number of fused-ring (bicyclic) bond motifs is 2. The molecule has 0 N–H and O–H groups in total. The number of nitrogens with zero attached hydrogens (tertiary/aromatic N) is 1. The first-order valence-corrected chi connectivity index (χ1v) is 10.7. The standard InChI is InChI=1S/C16H31NO2Si/c1-16(2,3)20(5,6)19-8-7-13-9-14-11-18-12-15(10-13)17(14)4/h9,14-15H,7-8,10-12H2,1-6H3. The normalized spacial score (nSPS) is 28.4. The molecule has 0 amide bonds. The van der Waals surface area contributed by atoms with Gasteiger partial charge in [-0.3, -0.25) is 4.90 Å². The van der Waals surface area contributed by atoms with E-state index in [9.17, 15) is 0 Å². The van der Waals surface area contributed by atoms with Gasteiger partial charge in [0.15, 0.2) is 8.32 Å². The van der Waals surface area contributed by atoms with Crippen molar-refractivity contribution in [2.75, 3.05) is 26.9 Å². The molecule has 2 rings (SSSR count). The molecule has 0 radical (unpaired) electrons. The highest BCUT2D eigenvalue weighted by Crippen LogP contribution is 2.37. The Labute approximate surface area is 125 Å². The maximum Gasteiger partial charge on any atom is 0.191 e. The predicted molar refractivity (Wildman–Crippen MR) is 86.6 cm³/mol. The molecule has 2 bridgehead atoms. The molecule has 2 heterocycles. The van der Waals surface area contributed by atoms with Crippen molar-refractivity contribution < 1.29 is 9.16 Å². The van der Waals surface area contributed by atoms with Gasteiger partial charge in [0, 0.05) is 12.6 Å². The Balaban J connectivity index is 1.86. The van der Waals surface area contributed by atoms with Crippen LogP contribution in [0.5, 0.6) is 0 Å². The molecule has 0 aromatic rings. The lowest BCUT2D eigenvalue weighted by molar-refractivity contribution is -0.0263. The summed E-state index contributed by atoms with van der Waals surface area (Å²) in [5.74, 6) is 0. The molecule has 2 aliphatic heterocycles. The third kappa shape index (κ3) is 3.53. The summed E-state index contributed by atoms with van der Waals surface area (Å²) in [4.78, 5) is 2.46. The minimum absolute atomic E-state index is 0.304. The molecule has 2 atom stereocenters. The van der Waals surface area contributed by atoms with Gasteiger partial charge in [0.1, 0.15) is 0 Å². The lowest BCUT2D eigenvalue weighted by atomic mass is 9.93. The minimum Gasteiger partial charge on any atom is -0.417 e. The van der Waals surface area contributed by atoms with E-state index in [0.29, 0.717) is 17.1 Å². The molecule has 0 aromatic carbocycles. The molecule has 2 unspecified atom stereocenters. The van der Waals surface area contributed by atoms with Gasteiger partial charge in [0.2, 0.25) is 0 Å². The van der Waals surface area contributed by atoms with Crippen LogP contribution in [0.3, 0.4) is 0 Å². The van der Waals surface area contributed by atoms with Crippen molar-refractivity contribution in [3.05, 3.63) is 11.6 Å². The van der Waals surface area contributed by atoms with E-state index < -0.39 is 8.32 Å². The number of morpholine rings is 1. The highest BCUT2D eigenvalue weighted by molar-refractivity contribution is 6.74. The maximum atomic E-state index is 6.30. The summed E-state index contributed by atoms with van der Waals surface area (Å²) >= 11 is 0. The summed E-state index contributed by atoms with van der Waals surface area (Å²) in [5.41, 5.74) is 1.57. The Bertz CT molecular complexity index is 373. The number of hydrogen-bond donors (Lipinski definition) is 0. The highest BCUT2D eigenvalue weighted by Gasteiger charge is 2.37. The largest absolute Gasteiger partial charge is 0.417 e. The molecule has 2 aliphatic rings. The van der Waals surface area contributed by atoms with Crippen LogP contribution in [0.2, 0.25) is 18.1 Å². The molecular formula is C16H31NO2Si. The van der Waals surface area contributed by atoms with Gasteiger partial charge in [0.05, 0.1) is 19.3 Å². The first-order valence-electron chi connectivity index (χ1n) is 7.84. The quantitative estimate of drug-likeness (QED) is 0.586. The molecule has 0 aliphatic carbocycles. The first-order chi connectivity index (χ1) is 9.21. The second kappa shape index (κ2) is 5.91. The van der Waals surface area contributed by atoms with Gasteiger partial charge in [0.25, 0.3) is 0 Å². The summed E-state index contributed by atoms with van der Waals surface area (Å²) in [6.45, 7) is 14.2. The van der Waals surface area contributed by atoms with Gasteiger partial charge in [-0.2, -0.15) is 0 Å². The first kappa shape index (κ1) is 16.2. The molecule has 0 spiro atoms. The van der Waals surface area contributed by atoms with Crippen LogP contribution in [-0.2, 0) is 9.16 Å². The van der Waals surface area contributed by atoms with Crippen LogP contribution in [0.1, 0.15) is 33.6 Å². The Hall–Kier alpha value is -0.163. The second-order valence-corrected chi connectivity index (χ2v) is 12.6. The molecule has 20 heavy (non-hydrogen) atoms. The topological polar surface area (TPSA) is 21.7 Å². The lowest BCUT2D eigenvalue weighted by Crippen LogP contribution is -2.51. The Morgan fingerprint density at radius 1 is 1.35 bits per heavy atom. The van der Waals surface area contributed by atoms with Crippen LogP contribution in [0.15, 0.2) is 11.6 Å². The fourth-order valence-electron chi connectivity index (χ4n) is 2.68. The Morgan fingerprint density at radius 3 is 2.65 bits per heavy atom. The van der Waals surface area contributed by atoms with Crippen molar-refractivity contribution in [2.24, 2.45) is 0 Å². The molecular weight excluding hydrogens is 266 g/mol. The van der Waals surface area contributed by atoms with Gasteiger partial charge >= 0.3 is 0 Å². The zero-order valence-electron chi connectivity index (χ0n) is 14.0. The van der Waals surface area contributed by atoms with Crippen molar-refractivity contribution >= 4 is 8.32 Å². The van der Waals surface area contributed by atoms with Gasteiger partial charge in [-0.1, -0.05) is 32.4 Å². The monoisotopic (exact) mass is 297 g/mol. The number of rotatable bonds is 4. The van der Waals surface area contributed by atoms with E-state index in [1.165, 1.54) is 0 Å². The maximum absolute atomic E-state index is 6.30. The number of ether oxygens (including phenoxy) is 1. The van der Waals surface area contributed by atoms with Gasteiger partial charge in [-0.25, -0.2) is 0 Å². The van der Waals surface area contributed by atoms with E-state index in [1.54, 1.807) is 5.57 Å². The van der Waals surface area contributed by atoms with Crippen LogP contribution in [-0.4, -0.2) is 52.2 Å². The summed E-state index contributed by atoms with van der Waals surface area (Å²) in [6.07, 6.45) is 4.64. The third-order valence-corrected chi connectivity index (χ3v) is 9.85. The molecule has 3 nitrogen and oxygen atoms in total. The Morgan fingerprint density at radius 2 is 2.05 bits per heavy atom. The summed E-state index contributed by atoms with van der Waals surface area (Å²) < 4.78 is 11.9. The van der Waals surface area contributed by atoms with Crippen molar-refractivity contribution in [3.63, 3.8) is 0 Å². The van der Waals surface area contributed by atoms with Gasteiger partial charge in [-0.15, -0.1) is 0 Å². The second-order valence-electron chi connectivity index (χ2n) is 7.81. The highest BCUT2D eigenvalue weighted by atomic mass is 28.4. The fraction of sp³-hybridized carbons (Fsp3) is 0.875. The summed E-state index contributed by atoms with van der Waals surface area (Å²) in [5, 5.41) is 0.304. The summed E-state index contributed by atoms with van der Waals surface area (Å²) in [6, 6.07) is 1.05. The Kier molecular flexibility index (Phi) is 4.79. The summed E-state index contributed by atoms with van der Waals surface area (Å²) in [7, 11) is 0.626. The van der Waals surface area contributed by atoms with Crippen molar-refractivity contribution in [1.82, 2.24) is 4.90 Å². The smallest absolute Gasteiger partial charge is 0.191 e. The average Bonchev–Trinajstić information content (AvgIpc) is 2.28. The van der Waals surface area contributed by atoms with Crippen LogP contribution >= 0.6 is 0 Å². The lowest BCUT2D eigenvalue weighted by Gasteiger charge is -2.42. The van der Waals surface area contributed by atoms with E-state index >= 15 is 0 Å². The van der Waals surface area contributed by atoms with E-state index in [-0.39, 0.29) is 0 Å². The average molecular weight is 298 g/mol. The molecule has 1 saturated heterocycles. The van der Waals surface area contributed by atoms with Crippen molar-refractivity contribution in [2.45, 2.75) is 63.8 Å². The number of hydrogen-bond acceptors (Lipinski definition) is 3. The van der Waals surface area contributed by atoms with E-state index in [2.05, 4.69) is 51.9 Å². The zero-order valence-corrected chi connectivity index (χ0v) is 15.0. The molecule has 0 saturated carbocycles. The van der Waals surface area contributed by atoms with Crippen LogP contribution in [0.25, 0.3) is 0 Å². The van der Waals surface area contributed by atoms with Gasteiger partial charge < -0.3 is 9.16 Å². The SMILES string of the molecule is CN1C2C=C(CCO[Si](C)(C)C(C)(C)C)CC1COC2. The fourth-order valence-corrected chi connectivity index (χ4v) is 3.73. The number of likely N-dealkylation sites (N-methyl/N-ethyl adjacent to an activating group) is 1. The molecule has 0 aromatic heterocycles. The zero-order chi connectivity index (χ0) is 15.0. The molecule has 1 fully saturated rings. The molecule has 116 valence electrons. The van der Waals surface area contributed by atoms with Crippen molar-refractivity contribution in [1.29, 1.82) is 0 Å².